The molecule has 1 unspecified atom stereocenters. The molecule has 19 heavy (non-hydrogen) atoms. The number of carbonyl (C=O) groups excluding carboxylic acids is 3. The van der Waals surface area contributed by atoms with Gasteiger partial charge in [-0.05, 0) is 12.1 Å². The van der Waals surface area contributed by atoms with E-state index in [1.54, 1.807) is 37.3 Å². The van der Waals surface area contributed by atoms with Gasteiger partial charge in [0.1, 0.15) is 11.9 Å². The third-order valence-electron chi connectivity index (χ3n) is 2.73. The lowest BCUT2D eigenvalue weighted by atomic mass is 10.2. The van der Waals surface area contributed by atoms with E-state index in [0.717, 1.165) is 0 Å². The van der Waals surface area contributed by atoms with Gasteiger partial charge in [-0.15, -0.1) is 0 Å². The Morgan fingerprint density at radius 2 is 2.21 bits per heavy atom. The van der Waals surface area contributed by atoms with Gasteiger partial charge >= 0.3 is 0 Å². The van der Waals surface area contributed by atoms with Gasteiger partial charge in [-0.2, -0.15) is 0 Å². The van der Waals surface area contributed by atoms with Gasteiger partial charge in [0.2, 0.25) is 11.8 Å². The summed E-state index contributed by atoms with van der Waals surface area (Å²) in [6, 6.07) is 2.45. The number of nitrogens with one attached hydrogen (secondary N) is 2. The van der Waals surface area contributed by atoms with Crippen LogP contribution in [0.2, 0.25) is 0 Å². The topological polar surface area (TPSA) is 91.4 Å². The van der Waals surface area contributed by atoms with Crippen molar-refractivity contribution in [3.8, 4) is 0 Å². The van der Waals surface area contributed by atoms with E-state index < -0.39 is 17.9 Å². The van der Waals surface area contributed by atoms with Crippen molar-refractivity contribution in [2.75, 3.05) is 19.0 Å². The summed E-state index contributed by atoms with van der Waals surface area (Å²) >= 11 is 0. The maximum Gasteiger partial charge on any atom is 0.255 e. The van der Waals surface area contributed by atoms with Gasteiger partial charge in [0.15, 0.2) is 0 Å². The summed E-state index contributed by atoms with van der Waals surface area (Å²) in [5.41, 5.74) is 0.361. The first-order valence-electron chi connectivity index (χ1n) is 5.76. The lowest BCUT2D eigenvalue weighted by molar-refractivity contribution is -0.125. The molecular formula is C12H14N4O3. The van der Waals surface area contributed by atoms with Crippen LogP contribution in [0.25, 0.3) is 0 Å². The fraction of sp³-hybridized carbons (Fsp3) is 0.333. The molecule has 1 aromatic heterocycles. The fourth-order valence-electron chi connectivity index (χ4n) is 1.84. The molecule has 2 heterocycles. The summed E-state index contributed by atoms with van der Waals surface area (Å²) < 4.78 is 0. The molecule has 2 N–H and O–H groups in total. The number of anilines is 1. The highest BCUT2D eigenvalue weighted by molar-refractivity contribution is 6.08. The van der Waals surface area contributed by atoms with Crippen molar-refractivity contribution >= 4 is 23.5 Å². The van der Waals surface area contributed by atoms with Crippen LogP contribution in [0, 0.1) is 0 Å². The molecule has 0 aromatic carbocycles. The zero-order chi connectivity index (χ0) is 14.0. The first-order chi connectivity index (χ1) is 8.99. The molecule has 0 radical (unpaired) electrons. The molecule has 0 spiro atoms. The van der Waals surface area contributed by atoms with Crippen molar-refractivity contribution in [3.63, 3.8) is 0 Å². The Labute approximate surface area is 110 Å². The van der Waals surface area contributed by atoms with E-state index >= 15 is 0 Å². The second-order valence-corrected chi connectivity index (χ2v) is 4.41. The second kappa shape index (κ2) is 5.05. The zero-order valence-corrected chi connectivity index (χ0v) is 10.6. The van der Waals surface area contributed by atoms with Crippen LogP contribution >= 0.6 is 0 Å². The van der Waals surface area contributed by atoms with Gasteiger partial charge in [-0.1, -0.05) is 0 Å². The van der Waals surface area contributed by atoms with Gasteiger partial charge < -0.3 is 10.2 Å². The SMILES string of the molecule is CN(C)c1ncccc1C(=O)NC1CC(=O)NC1=O. The number of nitrogens with zero attached hydrogens (tertiary/aromatic N) is 2. The molecule has 3 amide bonds. The predicted molar refractivity (Wildman–Crippen MR) is 67.6 cm³/mol. The Morgan fingerprint density at radius 1 is 1.47 bits per heavy atom. The molecule has 1 saturated heterocycles. The zero-order valence-electron chi connectivity index (χ0n) is 10.6. The molecule has 1 atom stereocenters. The van der Waals surface area contributed by atoms with Crippen molar-refractivity contribution in [1.82, 2.24) is 15.6 Å². The summed E-state index contributed by atoms with van der Waals surface area (Å²) in [7, 11) is 3.54. The third-order valence-corrected chi connectivity index (χ3v) is 2.73. The average molecular weight is 262 g/mol. The Kier molecular flexibility index (Phi) is 3.46. The molecule has 1 aliphatic heterocycles. The van der Waals surface area contributed by atoms with Crippen LogP contribution in [0.3, 0.4) is 0 Å². The number of carbonyl (C=O) groups is 3. The quantitative estimate of drug-likeness (QED) is 0.702. The van der Waals surface area contributed by atoms with E-state index in [0.29, 0.717) is 11.4 Å². The van der Waals surface area contributed by atoms with Crippen molar-refractivity contribution < 1.29 is 14.4 Å². The monoisotopic (exact) mass is 262 g/mol. The number of aromatic nitrogens is 1. The Morgan fingerprint density at radius 3 is 2.79 bits per heavy atom. The molecule has 0 saturated carbocycles. The lowest BCUT2D eigenvalue weighted by Gasteiger charge is -2.16. The van der Waals surface area contributed by atoms with Crippen LogP contribution in [0.15, 0.2) is 18.3 Å². The summed E-state index contributed by atoms with van der Waals surface area (Å²) in [6.45, 7) is 0. The first-order valence-corrected chi connectivity index (χ1v) is 5.76. The summed E-state index contributed by atoms with van der Waals surface area (Å²) in [6.07, 6.45) is 1.56. The van der Waals surface area contributed by atoms with Crippen molar-refractivity contribution in [2.24, 2.45) is 0 Å². The summed E-state index contributed by atoms with van der Waals surface area (Å²) in [5, 5.41) is 4.67. The molecule has 1 aliphatic rings. The molecule has 100 valence electrons. The standard InChI is InChI=1S/C12H14N4O3/c1-16(2)10-7(4-3-5-13-10)11(18)14-8-6-9(17)15-12(8)19/h3-5,8H,6H2,1-2H3,(H,14,18)(H,15,17,19). The molecule has 2 rings (SSSR count). The number of pyridine rings is 1. The van der Waals surface area contributed by atoms with E-state index in [1.807, 2.05) is 0 Å². The van der Waals surface area contributed by atoms with Crippen LogP contribution in [0.5, 0.6) is 0 Å². The smallest absolute Gasteiger partial charge is 0.255 e. The number of hydrogen-bond acceptors (Lipinski definition) is 5. The minimum absolute atomic E-state index is 0.0257. The minimum Gasteiger partial charge on any atom is -0.362 e. The second-order valence-electron chi connectivity index (χ2n) is 4.41. The first kappa shape index (κ1) is 13.0. The van der Waals surface area contributed by atoms with Crippen molar-refractivity contribution in [2.45, 2.75) is 12.5 Å². The minimum atomic E-state index is -0.810. The van der Waals surface area contributed by atoms with E-state index in [1.165, 1.54) is 0 Å². The predicted octanol–water partition coefficient (Wildman–Crippen LogP) is -0.707. The molecule has 7 nitrogen and oxygen atoms in total. The van der Waals surface area contributed by atoms with Gasteiger partial charge in [0.05, 0.1) is 12.0 Å². The lowest BCUT2D eigenvalue weighted by Crippen LogP contribution is -2.40. The highest BCUT2D eigenvalue weighted by Crippen LogP contribution is 2.15. The van der Waals surface area contributed by atoms with Gasteiger partial charge in [-0.3, -0.25) is 19.7 Å². The largest absolute Gasteiger partial charge is 0.362 e. The van der Waals surface area contributed by atoms with E-state index in [4.69, 9.17) is 0 Å². The van der Waals surface area contributed by atoms with Crippen LogP contribution in [0.1, 0.15) is 16.8 Å². The number of amides is 3. The highest BCUT2D eigenvalue weighted by Gasteiger charge is 2.32. The maximum atomic E-state index is 12.1. The molecular weight excluding hydrogens is 248 g/mol. The van der Waals surface area contributed by atoms with Gasteiger partial charge in [0, 0.05) is 20.3 Å². The normalized spacial score (nSPS) is 18.1. The molecule has 0 bridgehead atoms. The Balaban J connectivity index is 2.17. The number of imide groups is 1. The maximum absolute atomic E-state index is 12.1. The number of rotatable bonds is 3. The Bertz CT molecular complexity index is 542. The summed E-state index contributed by atoms with van der Waals surface area (Å²) in [5.74, 6) is -0.778. The van der Waals surface area contributed by atoms with Crippen LogP contribution in [-0.4, -0.2) is 42.8 Å². The van der Waals surface area contributed by atoms with E-state index in [2.05, 4.69) is 15.6 Å². The molecule has 1 aromatic rings. The van der Waals surface area contributed by atoms with Crippen LogP contribution in [-0.2, 0) is 9.59 Å². The van der Waals surface area contributed by atoms with Gasteiger partial charge in [-0.25, -0.2) is 4.98 Å². The van der Waals surface area contributed by atoms with Crippen LogP contribution in [0.4, 0.5) is 5.82 Å². The van der Waals surface area contributed by atoms with E-state index in [9.17, 15) is 14.4 Å². The average Bonchev–Trinajstić information content (AvgIpc) is 2.67. The van der Waals surface area contributed by atoms with Gasteiger partial charge in [0.25, 0.3) is 5.91 Å². The third kappa shape index (κ3) is 2.70. The summed E-state index contributed by atoms with van der Waals surface area (Å²) in [4.78, 5) is 40.4. The van der Waals surface area contributed by atoms with Crippen LogP contribution < -0.4 is 15.5 Å². The van der Waals surface area contributed by atoms with E-state index in [-0.39, 0.29) is 12.3 Å². The molecule has 0 aliphatic carbocycles. The Hall–Kier alpha value is -2.44. The van der Waals surface area contributed by atoms with Crippen molar-refractivity contribution in [1.29, 1.82) is 0 Å². The fourth-order valence-corrected chi connectivity index (χ4v) is 1.84. The number of hydrogen-bond donors (Lipinski definition) is 2. The highest BCUT2D eigenvalue weighted by atomic mass is 16.2. The molecule has 1 fully saturated rings. The van der Waals surface area contributed by atoms with Crippen molar-refractivity contribution in [3.05, 3.63) is 23.9 Å². The molecule has 7 heteroatoms.